The van der Waals surface area contributed by atoms with E-state index in [1.807, 2.05) is 24.3 Å². The van der Waals surface area contributed by atoms with Crippen molar-refractivity contribution in [1.29, 1.82) is 0 Å². The predicted octanol–water partition coefficient (Wildman–Crippen LogP) is 5.54. The zero-order valence-electron chi connectivity index (χ0n) is 22.4. The van der Waals surface area contributed by atoms with Crippen molar-refractivity contribution in [2.45, 2.75) is 18.7 Å². The van der Waals surface area contributed by atoms with Crippen molar-refractivity contribution in [2.24, 2.45) is 0 Å². The Hall–Kier alpha value is -3.18. The fourth-order valence-corrected chi connectivity index (χ4v) is 6.23. The van der Waals surface area contributed by atoms with Gasteiger partial charge in [-0.3, -0.25) is 14.0 Å². The molecule has 39 heavy (non-hydrogen) atoms. The van der Waals surface area contributed by atoms with E-state index in [9.17, 15) is 13.2 Å². The first kappa shape index (κ1) is 30.4. The van der Waals surface area contributed by atoms with Crippen molar-refractivity contribution in [1.82, 2.24) is 9.88 Å². The van der Waals surface area contributed by atoms with Crippen molar-refractivity contribution in [2.75, 3.05) is 49.5 Å². The number of rotatable bonds is 11. The summed E-state index contributed by atoms with van der Waals surface area (Å²) in [6.07, 6.45) is 0. The minimum atomic E-state index is -3.78. The molecule has 0 fully saturated rings. The predicted molar refractivity (Wildman–Crippen MR) is 161 cm³/mol. The molecule has 4 aromatic rings. The summed E-state index contributed by atoms with van der Waals surface area (Å²) >= 11 is 1.44. The summed E-state index contributed by atoms with van der Waals surface area (Å²) in [5, 5.41) is 0.589. The Morgan fingerprint density at radius 3 is 2.23 bits per heavy atom. The molecule has 0 aliphatic rings. The molecule has 208 valence electrons. The third-order valence-electron chi connectivity index (χ3n) is 6.47. The summed E-state index contributed by atoms with van der Waals surface area (Å²) < 4.78 is 33.8. The number of para-hydroxylation sites is 1. The Kier molecular flexibility index (Phi) is 10.3. The van der Waals surface area contributed by atoms with Crippen LogP contribution in [0.5, 0.6) is 5.75 Å². The highest BCUT2D eigenvalue weighted by Crippen LogP contribution is 2.32. The molecule has 3 aromatic carbocycles. The van der Waals surface area contributed by atoms with Gasteiger partial charge < -0.3 is 9.64 Å². The summed E-state index contributed by atoms with van der Waals surface area (Å²) in [6.45, 7) is 7.06. The molecule has 0 unspecified atom stereocenters. The van der Waals surface area contributed by atoms with Crippen LogP contribution in [0.15, 0.2) is 77.7 Å². The summed E-state index contributed by atoms with van der Waals surface area (Å²) in [7, 11) is -0.658. The average molecular weight is 589 g/mol. The monoisotopic (exact) mass is 588 g/mol. The van der Waals surface area contributed by atoms with Gasteiger partial charge in [0.05, 0.1) is 27.9 Å². The second-order valence-electron chi connectivity index (χ2n) is 8.65. The van der Waals surface area contributed by atoms with Crippen LogP contribution in [-0.2, 0) is 10.0 Å². The fraction of sp³-hybridized carbons (Fsp3) is 0.286. The molecule has 1 amide bonds. The Bertz CT molecular complexity index is 1490. The number of carbonyl (C=O) groups is 1. The van der Waals surface area contributed by atoms with Crippen molar-refractivity contribution in [3.8, 4) is 5.75 Å². The van der Waals surface area contributed by atoms with Gasteiger partial charge in [-0.2, -0.15) is 0 Å². The van der Waals surface area contributed by atoms with Crippen LogP contribution in [0.3, 0.4) is 0 Å². The van der Waals surface area contributed by atoms with Crippen LogP contribution in [0.1, 0.15) is 24.2 Å². The van der Waals surface area contributed by atoms with E-state index in [0.29, 0.717) is 35.2 Å². The van der Waals surface area contributed by atoms with Crippen LogP contribution in [0.2, 0.25) is 0 Å². The molecule has 0 atom stereocenters. The third kappa shape index (κ3) is 6.70. The largest absolute Gasteiger partial charge is 0.497 e. The topological polar surface area (TPSA) is 83.1 Å². The molecule has 0 N–H and O–H groups in total. The highest BCUT2D eigenvalue weighted by Gasteiger charge is 2.25. The number of hydrogen-bond donors (Lipinski definition) is 0. The standard InChI is InChI=1S/C28H32N4O4S2.ClH/c1-5-31(6-2)18-19-32(28-29-25-20-23(36-4)14-17-26(25)37-28)27(33)21-12-15-24(16-13-21)38(34,35)30(3)22-10-8-7-9-11-22;/h7-17,20H,5-6,18-19H2,1-4H3;1H. The molecular formula is C28H33ClN4O4S2. The van der Waals surface area contributed by atoms with Gasteiger partial charge in [-0.25, -0.2) is 13.4 Å². The molecule has 0 aliphatic carbocycles. The van der Waals surface area contributed by atoms with Gasteiger partial charge in [0.15, 0.2) is 5.13 Å². The lowest BCUT2D eigenvalue weighted by Crippen LogP contribution is -2.38. The Labute approximate surface area is 240 Å². The summed E-state index contributed by atoms with van der Waals surface area (Å²) in [5.74, 6) is 0.469. The van der Waals surface area contributed by atoms with E-state index in [-0.39, 0.29) is 23.2 Å². The molecule has 0 spiro atoms. The molecule has 4 rings (SSSR count). The number of methoxy groups -OCH3 is 1. The Morgan fingerprint density at radius 1 is 0.949 bits per heavy atom. The van der Waals surface area contributed by atoms with E-state index in [0.717, 1.165) is 23.3 Å². The van der Waals surface area contributed by atoms with Gasteiger partial charge in [-0.1, -0.05) is 43.4 Å². The molecular weight excluding hydrogens is 556 g/mol. The van der Waals surface area contributed by atoms with Crippen LogP contribution < -0.4 is 13.9 Å². The van der Waals surface area contributed by atoms with E-state index in [2.05, 4.69) is 18.7 Å². The quantitative estimate of drug-likeness (QED) is 0.229. The molecule has 0 bridgehead atoms. The van der Waals surface area contributed by atoms with Crippen molar-refractivity contribution in [3.63, 3.8) is 0 Å². The van der Waals surface area contributed by atoms with Gasteiger partial charge >= 0.3 is 0 Å². The molecule has 0 saturated carbocycles. The normalized spacial score (nSPS) is 11.3. The zero-order chi connectivity index (χ0) is 27.3. The van der Waals surface area contributed by atoms with E-state index in [4.69, 9.17) is 9.72 Å². The maximum absolute atomic E-state index is 13.7. The van der Waals surface area contributed by atoms with E-state index in [1.54, 1.807) is 48.4 Å². The van der Waals surface area contributed by atoms with E-state index >= 15 is 0 Å². The van der Waals surface area contributed by atoms with Crippen LogP contribution in [0.4, 0.5) is 10.8 Å². The number of ether oxygens (including phenoxy) is 1. The van der Waals surface area contributed by atoms with Crippen molar-refractivity contribution >= 4 is 60.7 Å². The van der Waals surface area contributed by atoms with E-state index < -0.39 is 10.0 Å². The number of aromatic nitrogens is 1. The minimum Gasteiger partial charge on any atom is -0.497 e. The van der Waals surface area contributed by atoms with Gasteiger partial charge in [0, 0.05) is 31.8 Å². The highest BCUT2D eigenvalue weighted by atomic mass is 35.5. The molecule has 1 heterocycles. The van der Waals surface area contributed by atoms with Crippen LogP contribution in [0, 0.1) is 0 Å². The number of carbonyl (C=O) groups excluding carboxylic acids is 1. The molecule has 0 aliphatic heterocycles. The van der Waals surface area contributed by atoms with Crippen LogP contribution >= 0.6 is 23.7 Å². The molecule has 8 nitrogen and oxygen atoms in total. The summed E-state index contributed by atoms with van der Waals surface area (Å²) in [5.41, 5.74) is 1.71. The molecule has 11 heteroatoms. The lowest BCUT2D eigenvalue weighted by atomic mass is 10.2. The zero-order valence-corrected chi connectivity index (χ0v) is 24.9. The van der Waals surface area contributed by atoms with Gasteiger partial charge in [0.1, 0.15) is 5.75 Å². The number of fused-ring (bicyclic) bond motifs is 1. The molecule has 0 saturated heterocycles. The maximum Gasteiger partial charge on any atom is 0.264 e. The fourth-order valence-electron chi connectivity index (χ4n) is 4.06. The van der Waals surface area contributed by atoms with E-state index in [1.165, 1.54) is 34.8 Å². The van der Waals surface area contributed by atoms with Gasteiger partial charge in [-0.05, 0) is 61.6 Å². The number of likely N-dealkylation sites (N-methyl/N-ethyl adjacent to an activating group) is 1. The minimum absolute atomic E-state index is 0. The number of hydrogen-bond acceptors (Lipinski definition) is 7. The maximum atomic E-state index is 13.7. The second-order valence-corrected chi connectivity index (χ2v) is 11.6. The lowest BCUT2D eigenvalue weighted by Gasteiger charge is -2.25. The first-order valence-electron chi connectivity index (χ1n) is 12.4. The number of halogens is 1. The van der Waals surface area contributed by atoms with Crippen molar-refractivity contribution < 1.29 is 17.9 Å². The van der Waals surface area contributed by atoms with Crippen molar-refractivity contribution in [3.05, 3.63) is 78.4 Å². The number of amides is 1. The number of nitrogens with zero attached hydrogens (tertiary/aromatic N) is 4. The third-order valence-corrected chi connectivity index (χ3v) is 9.33. The average Bonchev–Trinajstić information content (AvgIpc) is 3.38. The van der Waals surface area contributed by atoms with Crippen LogP contribution in [0.25, 0.3) is 10.2 Å². The van der Waals surface area contributed by atoms with Gasteiger partial charge in [0.25, 0.3) is 15.9 Å². The summed E-state index contributed by atoms with van der Waals surface area (Å²) in [4.78, 5) is 22.5. The SMILES string of the molecule is CCN(CC)CCN(C(=O)c1ccc(S(=O)(=O)N(C)c2ccccc2)cc1)c1nc2cc(OC)ccc2s1.Cl. The summed E-state index contributed by atoms with van der Waals surface area (Å²) in [6, 6.07) is 20.6. The number of benzene rings is 3. The Morgan fingerprint density at radius 2 is 1.62 bits per heavy atom. The number of anilines is 2. The van der Waals surface area contributed by atoms with Gasteiger partial charge in [-0.15, -0.1) is 12.4 Å². The first-order valence-corrected chi connectivity index (χ1v) is 14.7. The smallest absolute Gasteiger partial charge is 0.264 e. The van der Waals surface area contributed by atoms with Gasteiger partial charge in [0.2, 0.25) is 0 Å². The lowest BCUT2D eigenvalue weighted by molar-refractivity contribution is 0.0983. The second kappa shape index (κ2) is 13.3. The molecule has 0 radical (unpaired) electrons. The Balaban J connectivity index is 0.00000420. The molecule has 1 aromatic heterocycles. The highest BCUT2D eigenvalue weighted by molar-refractivity contribution is 7.92. The number of sulfonamides is 1. The number of thiazole rings is 1. The van der Waals surface area contributed by atoms with Crippen LogP contribution in [-0.4, -0.2) is 64.5 Å². The first-order chi connectivity index (χ1) is 18.3.